The number of anilines is 1. The molecule has 2 aromatic rings. The van der Waals surface area contributed by atoms with E-state index in [-0.39, 0.29) is 66.0 Å². The molecule has 2 aromatic heterocycles. The number of hydrogen-bond donors (Lipinski definition) is 9. The smallest absolute Gasteiger partial charge is 0.386 e. The van der Waals surface area contributed by atoms with Crippen LogP contribution in [0.3, 0.4) is 0 Å². The van der Waals surface area contributed by atoms with E-state index in [1.165, 1.54) is 13.8 Å². The van der Waals surface area contributed by atoms with Crippen molar-refractivity contribution in [2.75, 3.05) is 37.8 Å². The Kier molecular flexibility index (Phi) is 25.3. The largest absolute Gasteiger partial charge is 0.481 e. The first-order valence-corrected chi connectivity index (χ1v) is 27.3. The van der Waals surface area contributed by atoms with E-state index >= 15 is 0 Å². The van der Waals surface area contributed by atoms with Gasteiger partial charge in [-0.05, 0) is 32.1 Å². The monoisotopic (exact) mass is 1070 g/mol. The molecule has 29 heteroatoms. The summed E-state index contributed by atoms with van der Waals surface area (Å²) in [4.78, 5) is 100. The number of carbonyl (C=O) groups is 4. The molecule has 0 aliphatic carbocycles. The van der Waals surface area contributed by atoms with Crippen LogP contribution in [-0.2, 0) is 55.5 Å². The number of allylic oxidation sites excluding steroid dienone is 10. The number of carbonyl (C=O) groups excluding carboxylic acids is 4. The molecule has 2 amide bonds. The highest BCUT2D eigenvalue weighted by Gasteiger charge is 2.50. The number of nitrogens with zero attached hydrogens (tertiary/aromatic N) is 4. The summed E-state index contributed by atoms with van der Waals surface area (Å²) in [5, 5.41) is 26.1. The fourth-order valence-electron chi connectivity index (χ4n) is 6.04. The van der Waals surface area contributed by atoms with Gasteiger partial charge in [0.05, 0.1) is 26.0 Å². The quantitative estimate of drug-likeness (QED) is 0.0218. The number of ether oxygens (including phenoxy) is 1. The lowest BCUT2D eigenvalue weighted by Gasteiger charge is -2.30. The highest BCUT2D eigenvalue weighted by atomic mass is 32.2. The van der Waals surface area contributed by atoms with Crippen molar-refractivity contribution in [1.82, 2.24) is 30.2 Å². The van der Waals surface area contributed by atoms with Crippen LogP contribution in [0, 0.1) is 5.41 Å². The lowest BCUT2D eigenvalue weighted by molar-refractivity contribution is -0.137. The minimum atomic E-state index is -5.60. The van der Waals surface area contributed by atoms with Crippen LogP contribution in [0.2, 0.25) is 0 Å². The number of imidazole rings is 1. The van der Waals surface area contributed by atoms with Gasteiger partial charge in [0.2, 0.25) is 11.8 Å². The number of rotatable bonds is 32. The van der Waals surface area contributed by atoms with Gasteiger partial charge in [-0.25, -0.2) is 28.6 Å². The van der Waals surface area contributed by atoms with Crippen molar-refractivity contribution in [2.45, 2.75) is 103 Å². The van der Waals surface area contributed by atoms with Gasteiger partial charge in [0.15, 0.2) is 22.8 Å². The van der Waals surface area contributed by atoms with Crippen molar-refractivity contribution >= 4 is 74.9 Å². The zero-order chi connectivity index (χ0) is 52.0. The Hall–Kier alpha value is -4.07. The normalized spacial score (nSPS) is 20.2. The van der Waals surface area contributed by atoms with Crippen molar-refractivity contribution < 1.29 is 85.3 Å². The van der Waals surface area contributed by atoms with Crippen molar-refractivity contribution in [1.29, 1.82) is 0 Å². The molecule has 1 fully saturated rings. The number of nitrogens with one attached hydrogen (secondary N) is 2. The second-order valence-corrected chi connectivity index (χ2v) is 21.3. The summed E-state index contributed by atoms with van der Waals surface area (Å²) in [7, 11) is -16.5. The Balaban J connectivity index is 1.32. The second kappa shape index (κ2) is 29.4. The van der Waals surface area contributed by atoms with Crippen LogP contribution in [0.1, 0.15) is 78.4 Å². The van der Waals surface area contributed by atoms with E-state index in [0.29, 0.717) is 6.42 Å². The van der Waals surface area contributed by atoms with Gasteiger partial charge in [0.1, 0.15) is 42.0 Å². The molecule has 2 unspecified atom stereocenters. The number of amides is 2. The van der Waals surface area contributed by atoms with Crippen molar-refractivity contribution in [3.8, 4) is 0 Å². The number of phosphoric ester groups is 3. The van der Waals surface area contributed by atoms with Gasteiger partial charge in [0, 0.05) is 37.1 Å². The number of hydrogen-bond acceptors (Lipinski definition) is 19. The molecule has 0 bridgehead atoms. The maximum absolute atomic E-state index is 12.7. The molecule has 0 saturated carbocycles. The second-order valence-electron chi connectivity index (χ2n) is 15.9. The Labute approximate surface area is 408 Å². The number of nitrogen functional groups attached to an aromatic ring is 1. The molecule has 390 valence electrons. The topological polar surface area (TPSA) is 381 Å². The summed E-state index contributed by atoms with van der Waals surface area (Å²) >= 11 is 0.893. The van der Waals surface area contributed by atoms with E-state index in [1.807, 2.05) is 18.2 Å². The molecular weight excluding hydrogens is 1000 g/mol. The summed E-state index contributed by atoms with van der Waals surface area (Å²) in [6, 6.07) is 0. The molecule has 10 N–H and O–H groups in total. The molecule has 1 aliphatic rings. The lowest BCUT2D eigenvalue weighted by Crippen LogP contribution is -2.46. The number of ketones is 1. The molecule has 0 aromatic carbocycles. The average molecular weight is 1070 g/mol. The number of fused-ring (bicyclic) bond motifs is 1. The molecule has 1 saturated heterocycles. The standard InChI is InChI=1S/C41H62N7O18P3S/c1-4-5-6-7-8-9-10-11-12-13-14-15-16-17-18-19-29(49)24-32(51)70-23-22-43-31(50)20-21-44-39(54)36(53)41(2,3)26-63-69(60,61)66-68(58,59)62-25-30-35(65-67(55,56)57)34(52)40(64-30)48-28-47-33-37(42)45-27-46-38(33)48/h5-6,8-9,11-12,14-15,17-18,27-28,30,34-36,40,52-53H,4,7,10,13,16,19-26H2,1-3H3,(H,43,50)(H,44,54)(H,58,59)(H,60,61)(H2,42,45,46)(H2,55,56,57)/b6-5-,9-8-,12-11-,15-14-,18-17-/t30-,34-,35-,36+,40-/m1/s1. The third-order valence-electron chi connectivity index (χ3n) is 9.61. The van der Waals surface area contributed by atoms with Gasteiger partial charge in [-0.2, -0.15) is 4.31 Å². The molecule has 1 aliphatic heterocycles. The Bertz CT molecular complexity index is 2360. The average Bonchev–Trinajstić information content (AvgIpc) is 3.84. The first-order valence-electron chi connectivity index (χ1n) is 21.8. The maximum atomic E-state index is 12.7. The van der Waals surface area contributed by atoms with Gasteiger partial charge < -0.3 is 50.9 Å². The SMILES string of the molecule is CC/C=C\C/C=C\C/C=C\C/C=C\C/C=C\CC(=O)CC(=O)SCCNC(=O)CCNC(=O)[C@H](O)C(C)(C)COP(=O)(O)OP(=O)(O)OC[C@H]1O[C@@H](n2cnc3c(N)ncnc32)[C@H](O)[C@@H]1OP(=O)(O)O. The molecule has 25 nitrogen and oxygen atoms in total. The van der Waals surface area contributed by atoms with Crippen LogP contribution in [0.5, 0.6) is 0 Å². The van der Waals surface area contributed by atoms with Crippen LogP contribution in [0.15, 0.2) is 73.4 Å². The highest BCUT2D eigenvalue weighted by Crippen LogP contribution is 2.61. The fraction of sp³-hybridized carbons (Fsp3) is 0.537. The number of aliphatic hydroxyl groups excluding tert-OH is 2. The molecule has 0 spiro atoms. The minimum Gasteiger partial charge on any atom is -0.386 e. The van der Waals surface area contributed by atoms with E-state index in [0.717, 1.165) is 54.7 Å². The molecule has 70 heavy (non-hydrogen) atoms. The summed E-state index contributed by atoms with van der Waals surface area (Å²) in [6.07, 6.45) is 17.5. The van der Waals surface area contributed by atoms with E-state index in [2.05, 4.69) is 77.8 Å². The molecule has 3 rings (SSSR count). The van der Waals surface area contributed by atoms with Gasteiger partial charge in [-0.1, -0.05) is 93.3 Å². The van der Waals surface area contributed by atoms with E-state index in [1.54, 1.807) is 6.08 Å². The summed E-state index contributed by atoms with van der Waals surface area (Å²) in [5.74, 6) is -1.60. The highest BCUT2D eigenvalue weighted by molar-refractivity contribution is 8.13. The van der Waals surface area contributed by atoms with Crippen LogP contribution in [0.4, 0.5) is 5.82 Å². The van der Waals surface area contributed by atoms with Crippen LogP contribution < -0.4 is 16.4 Å². The number of Topliss-reactive ketones (excluding diaryl/α,β-unsaturated/α-hetero) is 1. The fourth-order valence-corrected chi connectivity index (χ4v) is 9.57. The number of aromatic nitrogens is 4. The Morgan fingerprint density at radius 1 is 0.886 bits per heavy atom. The molecule has 7 atom stereocenters. The number of thioether (sulfide) groups is 1. The third kappa shape index (κ3) is 22.1. The van der Waals surface area contributed by atoms with Gasteiger partial charge in [-0.15, -0.1) is 0 Å². The van der Waals surface area contributed by atoms with E-state index in [4.69, 9.17) is 19.5 Å². The summed E-state index contributed by atoms with van der Waals surface area (Å²) in [6.45, 7) is 2.37. The predicted molar refractivity (Wildman–Crippen MR) is 256 cm³/mol. The third-order valence-corrected chi connectivity index (χ3v) is 13.6. The summed E-state index contributed by atoms with van der Waals surface area (Å²) in [5.41, 5.74) is 4.23. The van der Waals surface area contributed by atoms with Crippen molar-refractivity contribution in [3.63, 3.8) is 0 Å². The number of nitrogens with two attached hydrogens (primary N) is 1. The zero-order valence-electron chi connectivity index (χ0n) is 38.7. The molecule has 0 radical (unpaired) electrons. The Morgan fingerprint density at radius 2 is 1.49 bits per heavy atom. The first kappa shape index (κ1) is 60.2. The predicted octanol–water partition coefficient (Wildman–Crippen LogP) is 3.77. The maximum Gasteiger partial charge on any atom is 0.481 e. The molecular formula is C41H62N7O18P3S. The number of phosphoric acid groups is 3. The Morgan fingerprint density at radius 3 is 2.10 bits per heavy atom. The van der Waals surface area contributed by atoms with Crippen LogP contribution >= 0.6 is 35.2 Å². The van der Waals surface area contributed by atoms with Crippen LogP contribution in [-0.4, -0.2) is 128 Å². The number of aliphatic hydroxyl groups is 2. The zero-order valence-corrected chi connectivity index (χ0v) is 42.2. The van der Waals surface area contributed by atoms with Gasteiger partial charge >= 0.3 is 23.5 Å². The lowest BCUT2D eigenvalue weighted by atomic mass is 9.87. The van der Waals surface area contributed by atoms with Crippen LogP contribution in [0.25, 0.3) is 11.2 Å². The van der Waals surface area contributed by atoms with Gasteiger partial charge in [0.25, 0.3) is 0 Å². The van der Waals surface area contributed by atoms with Crippen molar-refractivity contribution in [2.24, 2.45) is 5.41 Å². The van der Waals surface area contributed by atoms with Gasteiger partial charge in [-0.3, -0.25) is 37.3 Å². The first-order chi connectivity index (χ1) is 32.9. The summed E-state index contributed by atoms with van der Waals surface area (Å²) < 4.78 is 62.4. The molecule has 3 heterocycles. The van der Waals surface area contributed by atoms with E-state index in [9.17, 15) is 62.7 Å². The van der Waals surface area contributed by atoms with E-state index < -0.39 is 84.6 Å². The minimum absolute atomic E-state index is 0.0223. The van der Waals surface area contributed by atoms with Crippen molar-refractivity contribution in [3.05, 3.63) is 73.4 Å².